The summed E-state index contributed by atoms with van der Waals surface area (Å²) >= 11 is 0. The summed E-state index contributed by atoms with van der Waals surface area (Å²) in [6.45, 7) is 1.94. The number of methoxy groups -OCH3 is 2. The van der Waals surface area contributed by atoms with Crippen molar-refractivity contribution in [3.63, 3.8) is 0 Å². The highest BCUT2D eigenvalue weighted by atomic mass is 16.7. The highest BCUT2D eigenvalue weighted by Gasteiger charge is 2.17. The van der Waals surface area contributed by atoms with E-state index in [0.29, 0.717) is 22.3 Å². The van der Waals surface area contributed by atoms with Crippen LogP contribution in [0.15, 0.2) is 22.6 Å². The van der Waals surface area contributed by atoms with Crippen LogP contribution in [0.1, 0.15) is 16.1 Å². The van der Waals surface area contributed by atoms with Crippen molar-refractivity contribution in [2.24, 2.45) is 0 Å². The number of carbonyl (C=O) groups is 1. The molecular formula is C14H16O6. The number of aromatic carboxylic acids is 1. The lowest BCUT2D eigenvalue weighted by Crippen LogP contribution is -2.21. The third kappa shape index (κ3) is 2.76. The van der Waals surface area contributed by atoms with Gasteiger partial charge in [-0.15, -0.1) is 0 Å². The van der Waals surface area contributed by atoms with Crippen LogP contribution in [0.4, 0.5) is 0 Å². The number of hydrogen-bond donors (Lipinski definition) is 1. The molecule has 6 nitrogen and oxygen atoms in total. The van der Waals surface area contributed by atoms with Crippen LogP contribution in [0.3, 0.4) is 0 Å². The number of fused-ring (bicyclic) bond motifs is 1. The van der Waals surface area contributed by atoms with Gasteiger partial charge < -0.3 is 23.7 Å². The van der Waals surface area contributed by atoms with Crippen molar-refractivity contribution in [1.29, 1.82) is 0 Å². The Morgan fingerprint density at radius 1 is 1.35 bits per heavy atom. The molecule has 6 heteroatoms. The summed E-state index contributed by atoms with van der Waals surface area (Å²) < 4.78 is 20.9. The van der Waals surface area contributed by atoms with Crippen molar-refractivity contribution in [2.75, 3.05) is 20.8 Å². The second-order valence-corrected chi connectivity index (χ2v) is 4.23. The molecule has 0 aliphatic rings. The average Bonchev–Trinajstić information content (AvgIpc) is 2.77. The van der Waals surface area contributed by atoms with Gasteiger partial charge in [0.25, 0.3) is 0 Å². The number of carboxylic acids is 1. The molecule has 1 aromatic carbocycles. The van der Waals surface area contributed by atoms with E-state index in [-0.39, 0.29) is 12.4 Å². The molecule has 0 radical (unpaired) electrons. The Kier molecular flexibility index (Phi) is 4.26. The van der Waals surface area contributed by atoms with Gasteiger partial charge in [0, 0.05) is 25.2 Å². The van der Waals surface area contributed by atoms with Crippen LogP contribution >= 0.6 is 0 Å². The van der Waals surface area contributed by atoms with E-state index in [0.717, 1.165) is 0 Å². The van der Waals surface area contributed by atoms with Gasteiger partial charge in [-0.2, -0.15) is 0 Å². The maximum absolute atomic E-state index is 11.0. The quantitative estimate of drug-likeness (QED) is 0.819. The number of ether oxygens (including phenoxy) is 3. The van der Waals surface area contributed by atoms with Crippen LogP contribution < -0.4 is 4.74 Å². The van der Waals surface area contributed by atoms with Crippen molar-refractivity contribution in [3.8, 4) is 5.75 Å². The molecule has 0 amide bonds. The number of rotatable bonds is 6. The molecule has 20 heavy (non-hydrogen) atoms. The van der Waals surface area contributed by atoms with E-state index in [9.17, 15) is 4.79 Å². The van der Waals surface area contributed by atoms with Gasteiger partial charge in [0.15, 0.2) is 6.29 Å². The van der Waals surface area contributed by atoms with Crippen LogP contribution in [0.25, 0.3) is 11.0 Å². The highest BCUT2D eigenvalue weighted by molar-refractivity contribution is 5.95. The molecule has 2 rings (SSSR count). The number of hydrogen-bond acceptors (Lipinski definition) is 5. The monoisotopic (exact) mass is 280 g/mol. The lowest BCUT2D eigenvalue weighted by molar-refractivity contribution is -0.121. The molecule has 1 aromatic heterocycles. The lowest BCUT2D eigenvalue weighted by atomic mass is 10.1. The van der Waals surface area contributed by atoms with E-state index in [1.807, 2.05) is 0 Å². The molecule has 0 bridgehead atoms. The number of carboxylic acid groups (broad SMARTS) is 1. The molecule has 108 valence electrons. The first-order chi connectivity index (χ1) is 9.56. The molecule has 0 aliphatic carbocycles. The molecule has 0 saturated heterocycles. The molecule has 0 spiro atoms. The zero-order chi connectivity index (χ0) is 14.7. The Labute approximate surface area is 115 Å². The first-order valence-corrected chi connectivity index (χ1v) is 6.01. The van der Waals surface area contributed by atoms with Crippen molar-refractivity contribution < 1.29 is 28.5 Å². The molecule has 1 N–H and O–H groups in total. The lowest BCUT2D eigenvalue weighted by Gasteiger charge is -2.14. The fourth-order valence-electron chi connectivity index (χ4n) is 1.89. The summed E-state index contributed by atoms with van der Waals surface area (Å²) in [6.07, 6.45) is -0.453. The van der Waals surface area contributed by atoms with Crippen LogP contribution in [0, 0.1) is 6.92 Å². The van der Waals surface area contributed by atoms with E-state index in [1.165, 1.54) is 14.2 Å². The summed E-state index contributed by atoms with van der Waals surface area (Å²) in [4.78, 5) is 11.0. The Morgan fingerprint density at radius 2 is 2.05 bits per heavy atom. The maximum atomic E-state index is 11.0. The molecule has 0 atom stereocenters. The molecular weight excluding hydrogens is 264 g/mol. The normalized spacial score (nSPS) is 11.2. The van der Waals surface area contributed by atoms with Crippen molar-refractivity contribution in [1.82, 2.24) is 0 Å². The summed E-state index contributed by atoms with van der Waals surface area (Å²) in [5.41, 5.74) is 1.09. The summed E-state index contributed by atoms with van der Waals surface area (Å²) in [5.74, 6) is -0.541. The molecule has 0 saturated carbocycles. The SMILES string of the molecule is COC(COc1ccc2oc(C(=O)O)c(C)c2c1)OC. The highest BCUT2D eigenvalue weighted by Crippen LogP contribution is 2.28. The van der Waals surface area contributed by atoms with Gasteiger partial charge >= 0.3 is 5.97 Å². The van der Waals surface area contributed by atoms with Crippen molar-refractivity contribution >= 4 is 16.9 Å². The number of aryl methyl sites for hydroxylation is 1. The zero-order valence-electron chi connectivity index (χ0n) is 11.5. The van der Waals surface area contributed by atoms with Gasteiger partial charge in [-0.25, -0.2) is 4.79 Å². The first-order valence-electron chi connectivity index (χ1n) is 6.01. The smallest absolute Gasteiger partial charge is 0.372 e. The van der Waals surface area contributed by atoms with E-state index >= 15 is 0 Å². The maximum Gasteiger partial charge on any atom is 0.372 e. The second kappa shape index (κ2) is 5.94. The minimum atomic E-state index is -1.08. The Hall–Kier alpha value is -2.05. The zero-order valence-corrected chi connectivity index (χ0v) is 11.5. The third-order valence-electron chi connectivity index (χ3n) is 3.01. The van der Waals surface area contributed by atoms with Gasteiger partial charge in [0.05, 0.1) is 0 Å². The summed E-state index contributed by atoms with van der Waals surface area (Å²) in [6, 6.07) is 5.13. The molecule has 2 aromatic rings. The van der Waals surface area contributed by atoms with Crippen molar-refractivity contribution in [3.05, 3.63) is 29.5 Å². The minimum Gasteiger partial charge on any atom is -0.488 e. The summed E-state index contributed by atoms with van der Waals surface area (Å²) in [5, 5.41) is 9.73. The van der Waals surface area contributed by atoms with Crippen molar-refractivity contribution in [2.45, 2.75) is 13.2 Å². The molecule has 1 heterocycles. The van der Waals surface area contributed by atoms with E-state index < -0.39 is 12.3 Å². The summed E-state index contributed by atoms with van der Waals surface area (Å²) in [7, 11) is 3.06. The second-order valence-electron chi connectivity index (χ2n) is 4.23. The predicted octanol–water partition coefficient (Wildman–Crippen LogP) is 2.44. The van der Waals surface area contributed by atoms with Crippen LogP contribution in [-0.2, 0) is 9.47 Å². The Morgan fingerprint density at radius 3 is 2.65 bits per heavy atom. The molecule has 0 unspecified atom stereocenters. The fraction of sp³-hybridized carbons (Fsp3) is 0.357. The first kappa shape index (κ1) is 14.4. The number of benzene rings is 1. The predicted molar refractivity (Wildman–Crippen MR) is 71.2 cm³/mol. The van der Waals surface area contributed by atoms with Gasteiger partial charge in [-0.1, -0.05) is 0 Å². The van der Waals surface area contributed by atoms with Crippen LogP contribution in [0.2, 0.25) is 0 Å². The van der Waals surface area contributed by atoms with Gasteiger partial charge in [0.1, 0.15) is 17.9 Å². The van der Waals surface area contributed by atoms with Gasteiger partial charge in [0.2, 0.25) is 5.76 Å². The Balaban J connectivity index is 2.25. The Bertz CT molecular complexity index is 611. The fourth-order valence-corrected chi connectivity index (χ4v) is 1.89. The minimum absolute atomic E-state index is 0.0520. The van der Waals surface area contributed by atoms with E-state index in [1.54, 1.807) is 25.1 Å². The third-order valence-corrected chi connectivity index (χ3v) is 3.01. The van der Waals surface area contributed by atoms with Crippen LogP contribution in [-0.4, -0.2) is 38.2 Å². The number of furan rings is 1. The van der Waals surface area contributed by atoms with Gasteiger partial charge in [-0.05, 0) is 25.1 Å². The van der Waals surface area contributed by atoms with E-state index in [2.05, 4.69) is 0 Å². The van der Waals surface area contributed by atoms with Gasteiger partial charge in [-0.3, -0.25) is 0 Å². The standard InChI is InChI=1S/C14H16O6/c1-8-10-6-9(19-7-12(17-2)18-3)4-5-11(10)20-13(8)14(15)16/h4-6,12H,7H2,1-3H3,(H,15,16). The molecule has 0 aliphatic heterocycles. The topological polar surface area (TPSA) is 78.1 Å². The van der Waals surface area contributed by atoms with Crippen LogP contribution in [0.5, 0.6) is 5.75 Å². The average molecular weight is 280 g/mol. The van der Waals surface area contributed by atoms with E-state index in [4.69, 9.17) is 23.7 Å². The largest absolute Gasteiger partial charge is 0.488 e. The molecule has 0 fully saturated rings.